The van der Waals surface area contributed by atoms with Gasteiger partial charge in [0.2, 0.25) is 0 Å². The summed E-state index contributed by atoms with van der Waals surface area (Å²) < 4.78 is 6.03. The van der Waals surface area contributed by atoms with Crippen LogP contribution in [0.25, 0.3) is 10.3 Å². The van der Waals surface area contributed by atoms with E-state index < -0.39 is 12.1 Å². The number of carbonyl (C=O) groups excluding carboxylic acids is 1. The molecule has 0 aliphatic heterocycles. The number of carboxylic acids is 1. The van der Waals surface area contributed by atoms with Gasteiger partial charge in [0.25, 0.3) is 0 Å². The van der Waals surface area contributed by atoms with Gasteiger partial charge in [0.15, 0.2) is 3.95 Å². The predicted octanol–water partition coefficient (Wildman–Crippen LogP) is 5.13. The second-order valence-electron chi connectivity index (χ2n) is 6.21. The number of aromatic nitrogens is 2. The highest BCUT2D eigenvalue weighted by molar-refractivity contribution is 7.73. The number of aromatic amines is 1. The molecule has 2 N–H and O–H groups in total. The van der Waals surface area contributed by atoms with Crippen LogP contribution in [-0.4, -0.2) is 40.3 Å². The molecule has 0 saturated carbocycles. The number of pyridine rings is 1. The number of nitrogens with one attached hydrogen (secondary N) is 1. The van der Waals surface area contributed by atoms with Crippen molar-refractivity contribution in [2.45, 2.75) is 51.9 Å². The van der Waals surface area contributed by atoms with Gasteiger partial charge in [-0.05, 0) is 43.6 Å². The van der Waals surface area contributed by atoms with Gasteiger partial charge in [-0.3, -0.25) is 9.69 Å². The van der Waals surface area contributed by atoms with E-state index >= 15 is 0 Å². The van der Waals surface area contributed by atoms with Crippen molar-refractivity contribution < 1.29 is 19.4 Å². The zero-order valence-electron chi connectivity index (χ0n) is 15.4. The van der Waals surface area contributed by atoms with E-state index in [1.807, 2.05) is 6.07 Å². The van der Waals surface area contributed by atoms with Crippen molar-refractivity contribution in [1.82, 2.24) is 9.97 Å². The van der Waals surface area contributed by atoms with E-state index in [0.29, 0.717) is 35.8 Å². The summed E-state index contributed by atoms with van der Waals surface area (Å²) in [7, 11) is 0. The maximum Gasteiger partial charge on any atom is 0.415 e. The van der Waals surface area contributed by atoms with E-state index in [1.165, 1.54) is 16.2 Å². The molecule has 2 rings (SSSR count). The van der Waals surface area contributed by atoms with E-state index in [9.17, 15) is 9.59 Å². The number of amides is 1. The van der Waals surface area contributed by atoms with Gasteiger partial charge in [-0.25, -0.2) is 9.78 Å². The molecule has 0 aromatic carbocycles. The molecule has 2 aromatic rings. The third-order valence-electron chi connectivity index (χ3n) is 4.01. The Bertz CT molecular complexity index is 818. The average Bonchev–Trinajstić information content (AvgIpc) is 3.00. The molecule has 0 radical (unpaired) electrons. The summed E-state index contributed by atoms with van der Waals surface area (Å²) in [5.74, 6) is -0.353. The van der Waals surface area contributed by atoms with Crippen LogP contribution in [0.15, 0.2) is 12.1 Å². The quantitative estimate of drug-likeness (QED) is 0.393. The summed E-state index contributed by atoms with van der Waals surface area (Å²) in [6, 6.07) is 3.58. The number of ether oxygens (including phenoxy) is 1. The first-order valence-corrected chi connectivity index (χ1v) is 10.4. The third kappa shape index (κ3) is 6.91. The second kappa shape index (κ2) is 11.0. The first-order chi connectivity index (χ1) is 13.0. The van der Waals surface area contributed by atoms with Gasteiger partial charge in [0, 0.05) is 13.0 Å². The van der Waals surface area contributed by atoms with Crippen LogP contribution in [0.1, 0.15) is 51.9 Å². The standard InChI is InChI=1S/C18H25N3O4S2/c1-2-3-4-7-12-25-18(24)21(11-6-5-8-15(22)23)14-10-9-13-16(20-14)27-17(26)19-13/h9-10H,2-8,11-12H2,1H3,(H,19,26)(H,22,23). The fourth-order valence-electron chi connectivity index (χ4n) is 2.59. The lowest BCUT2D eigenvalue weighted by atomic mass is 10.2. The van der Waals surface area contributed by atoms with Gasteiger partial charge in [-0.1, -0.05) is 37.5 Å². The first kappa shape index (κ1) is 21.3. The summed E-state index contributed by atoms with van der Waals surface area (Å²) >= 11 is 6.48. The van der Waals surface area contributed by atoms with Gasteiger partial charge >= 0.3 is 12.1 Å². The zero-order valence-corrected chi connectivity index (χ0v) is 17.0. The van der Waals surface area contributed by atoms with E-state index in [-0.39, 0.29) is 6.42 Å². The largest absolute Gasteiger partial charge is 0.481 e. The van der Waals surface area contributed by atoms with Crippen LogP contribution in [0, 0.1) is 3.95 Å². The molecule has 0 bridgehead atoms. The number of rotatable bonds is 11. The number of carbonyl (C=O) groups is 2. The summed E-state index contributed by atoms with van der Waals surface area (Å²) in [5, 5.41) is 8.78. The minimum absolute atomic E-state index is 0.0750. The molecule has 0 fully saturated rings. The topological polar surface area (TPSA) is 95.5 Å². The Morgan fingerprint density at radius 1 is 1.26 bits per heavy atom. The number of unbranched alkanes of at least 4 members (excludes halogenated alkanes) is 4. The average molecular weight is 412 g/mol. The maximum atomic E-state index is 12.6. The molecule has 148 valence electrons. The molecular formula is C18H25N3O4S2. The van der Waals surface area contributed by atoms with Crippen molar-refractivity contribution in [1.29, 1.82) is 0 Å². The lowest BCUT2D eigenvalue weighted by molar-refractivity contribution is -0.137. The van der Waals surface area contributed by atoms with E-state index in [4.69, 9.17) is 22.1 Å². The Labute approximate surface area is 167 Å². The molecule has 9 heteroatoms. The van der Waals surface area contributed by atoms with Crippen molar-refractivity contribution in [3.63, 3.8) is 0 Å². The summed E-state index contributed by atoms with van der Waals surface area (Å²) in [6.07, 6.45) is 4.76. The molecule has 2 aromatic heterocycles. The van der Waals surface area contributed by atoms with Crippen molar-refractivity contribution in [3.05, 3.63) is 16.1 Å². The van der Waals surface area contributed by atoms with Crippen molar-refractivity contribution in [3.8, 4) is 0 Å². The smallest absolute Gasteiger partial charge is 0.415 e. The maximum absolute atomic E-state index is 12.6. The highest BCUT2D eigenvalue weighted by Crippen LogP contribution is 2.22. The molecule has 0 unspecified atom stereocenters. The van der Waals surface area contributed by atoms with Crippen LogP contribution in [0.2, 0.25) is 0 Å². The zero-order chi connectivity index (χ0) is 19.6. The minimum Gasteiger partial charge on any atom is -0.481 e. The van der Waals surface area contributed by atoms with Gasteiger partial charge in [-0.2, -0.15) is 0 Å². The molecule has 27 heavy (non-hydrogen) atoms. The lowest BCUT2D eigenvalue weighted by Gasteiger charge is -2.21. The van der Waals surface area contributed by atoms with Crippen molar-refractivity contribution in [2.75, 3.05) is 18.1 Å². The predicted molar refractivity (Wildman–Crippen MR) is 109 cm³/mol. The number of aliphatic carboxylic acids is 1. The molecule has 0 aliphatic carbocycles. The molecule has 0 saturated heterocycles. The fraction of sp³-hybridized carbons (Fsp3) is 0.556. The first-order valence-electron chi connectivity index (χ1n) is 9.17. The monoisotopic (exact) mass is 411 g/mol. The van der Waals surface area contributed by atoms with Crippen LogP contribution >= 0.6 is 23.6 Å². The summed E-state index contributed by atoms with van der Waals surface area (Å²) in [4.78, 5) is 33.0. The van der Waals surface area contributed by atoms with Crippen LogP contribution in [0.5, 0.6) is 0 Å². The Morgan fingerprint density at radius 2 is 2.07 bits per heavy atom. The highest BCUT2D eigenvalue weighted by atomic mass is 32.1. The molecule has 0 atom stereocenters. The molecule has 1 amide bonds. The SMILES string of the molecule is CCCCCCOC(=O)N(CCCCC(=O)O)c1ccc2[nH]c(=S)sc2n1. The number of nitrogens with zero attached hydrogens (tertiary/aromatic N) is 2. The van der Waals surface area contributed by atoms with Crippen LogP contribution in [-0.2, 0) is 9.53 Å². The van der Waals surface area contributed by atoms with E-state index in [2.05, 4.69) is 16.9 Å². The number of hydrogen-bond donors (Lipinski definition) is 2. The van der Waals surface area contributed by atoms with Crippen molar-refractivity contribution in [2.24, 2.45) is 0 Å². The van der Waals surface area contributed by atoms with Gasteiger partial charge in [0.05, 0.1) is 12.1 Å². The summed E-state index contributed by atoms with van der Waals surface area (Å²) in [6.45, 7) is 2.86. The van der Waals surface area contributed by atoms with Gasteiger partial charge in [-0.15, -0.1) is 0 Å². The molecule has 2 heterocycles. The van der Waals surface area contributed by atoms with Crippen LogP contribution in [0.4, 0.5) is 10.6 Å². The third-order valence-corrected chi connectivity index (χ3v) is 5.16. The Balaban J connectivity index is 2.05. The number of thiazole rings is 1. The van der Waals surface area contributed by atoms with E-state index in [1.54, 1.807) is 6.07 Å². The van der Waals surface area contributed by atoms with Gasteiger partial charge < -0.3 is 14.8 Å². The van der Waals surface area contributed by atoms with Crippen LogP contribution < -0.4 is 4.90 Å². The fourth-order valence-corrected chi connectivity index (χ4v) is 3.64. The van der Waals surface area contributed by atoms with Crippen LogP contribution in [0.3, 0.4) is 0 Å². The molecule has 0 spiro atoms. The Morgan fingerprint density at radius 3 is 2.81 bits per heavy atom. The number of H-pyrrole nitrogens is 1. The normalized spacial score (nSPS) is 10.9. The number of anilines is 1. The minimum atomic E-state index is -0.841. The Hall–Kier alpha value is -2.00. The number of carboxylic acid groups (broad SMARTS) is 1. The Kier molecular flexibility index (Phi) is 8.66. The second-order valence-corrected chi connectivity index (χ2v) is 7.88. The lowest BCUT2D eigenvalue weighted by Crippen LogP contribution is -2.33. The summed E-state index contributed by atoms with van der Waals surface area (Å²) in [5.41, 5.74) is 0.826. The van der Waals surface area contributed by atoms with E-state index in [0.717, 1.165) is 36.0 Å². The van der Waals surface area contributed by atoms with Crippen molar-refractivity contribution >= 4 is 51.8 Å². The molecular weight excluding hydrogens is 386 g/mol. The number of fused-ring (bicyclic) bond motifs is 1. The van der Waals surface area contributed by atoms with Gasteiger partial charge in [0.1, 0.15) is 10.6 Å². The highest BCUT2D eigenvalue weighted by Gasteiger charge is 2.19. The molecule has 0 aliphatic rings. The molecule has 7 nitrogen and oxygen atoms in total. The number of hydrogen-bond acceptors (Lipinski definition) is 6.